The molecular formula is C11H14N2O4. The first kappa shape index (κ1) is 13.0. The quantitative estimate of drug-likeness (QED) is 0.738. The molecule has 92 valence electrons. The Hall–Kier alpha value is -2.11. The number of ether oxygens (including phenoxy) is 2. The molecule has 0 radical (unpaired) electrons. The highest BCUT2D eigenvalue weighted by Crippen LogP contribution is 2.05. The van der Waals surface area contributed by atoms with Gasteiger partial charge in [-0.05, 0) is 19.1 Å². The lowest BCUT2D eigenvalue weighted by Crippen LogP contribution is -2.41. The van der Waals surface area contributed by atoms with Crippen LogP contribution in [0.3, 0.4) is 0 Å². The Kier molecular flexibility index (Phi) is 4.93. The van der Waals surface area contributed by atoms with Gasteiger partial charge in [0, 0.05) is 6.20 Å². The van der Waals surface area contributed by atoms with Crippen molar-refractivity contribution in [2.75, 3.05) is 13.7 Å². The van der Waals surface area contributed by atoms with E-state index in [1.165, 1.54) is 20.2 Å². The van der Waals surface area contributed by atoms with Crippen molar-refractivity contribution in [3.05, 3.63) is 24.5 Å². The predicted molar refractivity (Wildman–Crippen MR) is 59.4 cm³/mol. The molecule has 0 aliphatic carbocycles. The normalized spacial score (nSPS) is 11.4. The van der Waals surface area contributed by atoms with Crippen LogP contribution in [0.4, 0.5) is 0 Å². The van der Waals surface area contributed by atoms with Crippen LogP contribution in [0.2, 0.25) is 0 Å². The number of carbonyl (C=O) groups is 2. The van der Waals surface area contributed by atoms with Gasteiger partial charge in [-0.2, -0.15) is 0 Å². The van der Waals surface area contributed by atoms with Crippen LogP contribution in [0.5, 0.6) is 5.75 Å². The Labute approximate surface area is 98.9 Å². The number of nitrogens with one attached hydrogen (secondary N) is 1. The summed E-state index contributed by atoms with van der Waals surface area (Å²) in [6.45, 7) is 1.36. The van der Waals surface area contributed by atoms with E-state index in [2.05, 4.69) is 15.0 Å². The van der Waals surface area contributed by atoms with Crippen LogP contribution in [0, 0.1) is 0 Å². The van der Waals surface area contributed by atoms with Crippen LogP contribution in [0.15, 0.2) is 24.5 Å². The molecule has 1 rings (SSSR count). The minimum atomic E-state index is -0.690. The highest BCUT2D eigenvalue weighted by molar-refractivity contribution is 5.84. The van der Waals surface area contributed by atoms with Crippen molar-refractivity contribution in [3.8, 4) is 5.75 Å². The van der Waals surface area contributed by atoms with Gasteiger partial charge in [0.1, 0.15) is 11.8 Å². The van der Waals surface area contributed by atoms with Crippen LogP contribution in [0.25, 0.3) is 0 Å². The van der Waals surface area contributed by atoms with E-state index in [0.717, 1.165) is 0 Å². The fourth-order valence-electron chi connectivity index (χ4n) is 1.10. The molecule has 0 aliphatic rings. The highest BCUT2D eigenvalue weighted by Gasteiger charge is 2.15. The Morgan fingerprint density at radius 1 is 1.53 bits per heavy atom. The van der Waals surface area contributed by atoms with Gasteiger partial charge in [-0.3, -0.25) is 9.78 Å². The minimum absolute atomic E-state index is 0.174. The minimum Gasteiger partial charge on any atom is -0.482 e. The lowest BCUT2D eigenvalue weighted by molar-refractivity contribution is -0.144. The van der Waals surface area contributed by atoms with Gasteiger partial charge in [0.2, 0.25) is 0 Å². The number of esters is 1. The summed E-state index contributed by atoms with van der Waals surface area (Å²) in [7, 11) is 1.26. The molecule has 1 aromatic rings. The zero-order valence-electron chi connectivity index (χ0n) is 9.67. The van der Waals surface area contributed by atoms with Gasteiger partial charge in [-0.1, -0.05) is 0 Å². The number of rotatable bonds is 5. The number of nitrogens with zero attached hydrogens (tertiary/aromatic N) is 1. The fourth-order valence-corrected chi connectivity index (χ4v) is 1.10. The van der Waals surface area contributed by atoms with E-state index in [1.807, 2.05) is 0 Å². The number of hydrogen-bond donors (Lipinski definition) is 1. The molecule has 6 nitrogen and oxygen atoms in total. The van der Waals surface area contributed by atoms with Crippen molar-refractivity contribution in [2.45, 2.75) is 13.0 Å². The predicted octanol–water partition coefficient (Wildman–Crippen LogP) is 0.138. The molecule has 0 saturated heterocycles. The maximum Gasteiger partial charge on any atom is 0.328 e. The number of methoxy groups -OCH3 is 1. The highest BCUT2D eigenvalue weighted by atomic mass is 16.5. The van der Waals surface area contributed by atoms with Gasteiger partial charge < -0.3 is 14.8 Å². The molecule has 1 N–H and O–H groups in total. The van der Waals surface area contributed by atoms with Crippen molar-refractivity contribution in [1.82, 2.24) is 10.3 Å². The van der Waals surface area contributed by atoms with Crippen molar-refractivity contribution in [1.29, 1.82) is 0 Å². The van der Waals surface area contributed by atoms with Crippen LogP contribution < -0.4 is 10.1 Å². The number of pyridine rings is 1. The van der Waals surface area contributed by atoms with E-state index in [9.17, 15) is 9.59 Å². The second-order valence-electron chi connectivity index (χ2n) is 3.29. The molecule has 0 fully saturated rings. The zero-order chi connectivity index (χ0) is 12.7. The molecule has 0 saturated carbocycles. The first-order valence-corrected chi connectivity index (χ1v) is 5.03. The number of aromatic nitrogens is 1. The Balaban J connectivity index is 2.33. The summed E-state index contributed by atoms with van der Waals surface area (Å²) in [6, 6.07) is 2.69. The lowest BCUT2D eigenvalue weighted by Gasteiger charge is -2.11. The van der Waals surface area contributed by atoms with E-state index >= 15 is 0 Å². The average molecular weight is 238 g/mol. The summed E-state index contributed by atoms with van der Waals surface area (Å²) in [5.74, 6) is -0.403. The molecule has 1 heterocycles. The first-order chi connectivity index (χ1) is 8.13. The third-order valence-electron chi connectivity index (χ3n) is 1.94. The molecule has 17 heavy (non-hydrogen) atoms. The summed E-state index contributed by atoms with van der Waals surface area (Å²) in [6.07, 6.45) is 3.10. The van der Waals surface area contributed by atoms with E-state index in [-0.39, 0.29) is 6.61 Å². The zero-order valence-corrected chi connectivity index (χ0v) is 9.67. The van der Waals surface area contributed by atoms with Gasteiger partial charge in [-0.25, -0.2) is 4.79 Å². The molecule has 1 atom stereocenters. The van der Waals surface area contributed by atoms with Crippen LogP contribution in [-0.4, -0.2) is 36.6 Å². The molecular weight excluding hydrogens is 224 g/mol. The summed E-state index contributed by atoms with van der Waals surface area (Å²) >= 11 is 0. The van der Waals surface area contributed by atoms with Gasteiger partial charge >= 0.3 is 5.97 Å². The van der Waals surface area contributed by atoms with Crippen LogP contribution >= 0.6 is 0 Å². The van der Waals surface area contributed by atoms with E-state index < -0.39 is 17.9 Å². The second-order valence-corrected chi connectivity index (χ2v) is 3.29. The summed E-state index contributed by atoms with van der Waals surface area (Å²) in [5.41, 5.74) is 0. The molecule has 0 spiro atoms. The number of amides is 1. The summed E-state index contributed by atoms with van der Waals surface area (Å²) in [4.78, 5) is 26.3. The van der Waals surface area contributed by atoms with Crippen LogP contribution in [-0.2, 0) is 14.3 Å². The van der Waals surface area contributed by atoms with E-state index in [4.69, 9.17) is 4.74 Å². The molecule has 0 aliphatic heterocycles. The van der Waals surface area contributed by atoms with Crippen molar-refractivity contribution < 1.29 is 19.1 Å². The fraction of sp³-hybridized carbons (Fsp3) is 0.364. The maximum atomic E-state index is 11.4. The number of carbonyl (C=O) groups excluding carboxylic acids is 2. The van der Waals surface area contributed by atoms with Gasteiger partial charge in [0.15, 0.2) is 6.61 Å². The third-order valence-corrected chi connectivity index (χ3v) is 1.94. The van der Waals surface area contributed by atoms with Crippen molar-refractivity contribution in [3.63, 3.8) is 0 Å². The number of hydrogen-bond acceptors (Lipinski definition) is 5. The van der Waals surface area contributed by atoms with Gasteiger partial charge in [0.25, 0.3) is 5.91 Å². The van der Waals surface area contributed by atoms with Crippen molar-refractivity contribution in [2.24, 2.45) is 0 Å². The average Bonchev–Trinajstić information content (AvgIpc) is 2.36. The summed E-state index contributed by atoms with van der Waals surface area (Å²) in [5, 5.41) is 2.44. The monoisotopic (exact) mass is 238 g/mol. The Morgan fingerprint density at radius 2 is 2.29 bits per heavy atom. The van der Waals surface area contributed by atoms with Gasteiger partial charge in [-0.15, -0.1) is 0 Å². The maximum absolute atomic E-state index is 11.4. The van der Waals surface area contributed by atoms with Crippen LogP contribution in [0.1, 0.15) is 6.92 Å². The largest absolute Gasteiger partial charge is 0.482 e. The Morgan fingerprint density at radius 3 is 2.88 bits per heavy atom. The molecule has 1 unspecified atom stereocenters. The topological polar surface area (TPSA) is 77.5 Å². The van der Waals surface area contributed by atoms with Gasteiger partial charge in [0.05, 0.1) is 13.3 Å². The smallest absolute Gasteiger partial charge is 0.328 e. The van der Waals surface area contributed by atoms with Crippen molar-refractivity contribution >= 4 is 11.9 Å². The molecule has 0 aromatic carbocycles. The second kappa shape index (κ2) is 6.47. The summed E-state index contributed by atoms with van der Waals surface area (Å²) < 4.78 is 9.63. The van der Waals surface area contributed by atoms with E-state index in [1.54, 1.807) is 18.3 Å². The lowest BCUT2D eigenvalue weighted by atomic mass is 10.3. The molecule has 1 aromatic heterocycles. The Bertz CT molecular complexity index is 380. The molecule has 1 amide bonds. The first-order valence-electron chi connectivity index (χ1n) is 5.03. The van der Waals surface area contributed by atoms with E-state index in [0.29, 0.717) is 5.75 Å². The SMILES string of the molecule is COC(=O)C(C)NC(=O)COc1cccnc1. The molecule has 6 heteroatoms. The molecule has 0 bridgehead atoms. The standard InChI is InChI=1S/C11H14N2O4/c1-8(11(15)16-2)13-10(14)7-17-9-4-3-5-12-6-9/h3-6,8H,7H2,1-2H3,(H,13,14). The third kappa shape index (κ3) is 4.50.